The Labute approximate surface area is 113 Å². The van der Waals surface area contributed by atoms with Crippen LogP contribution in [0.1, 0.15) is 11.1 Å². The zero-order chi connectivity index (χ0) is 13.0. The monoisotopic (exact) mass is 303 g/mol. The van der Waals surface area contributed by atoms with Crippen LogP contribution in [0.5, 0.6) is 5.88 Å². The van der Waals surface area contributed by atoms with Gasteiger partial charge in [-0.3, -0.25) is 0 Å². The summed E-state index contributed by atoms with van der Waals surface area (Å²) in [6.45, 7) is 0.360. The quantitative estimate of drug-likeness (QED) is 0.946. The van der Waals surface area contributed by atoms with E-state index in [9.17, 15) is 0 Å². The lowest BCUT2D eigenvalue weighted by molar-refractivity contribution is 0.293. The average molecular weight is 304 g/mol. The first kappa shape index (κ1) is 12.4. The molecule has 1 aromatic heterocycles. The van der Waals surface area contributed by atoms with Gasteiger partial charge >= 0.3 is 0 Å². The first-order chi connectivity index (χ1) is 8.69. The van der Waals surface area contributed by atoms with Gasteiger partial charge in [0.25, 0.3) is 0 Å². The molecule has 0 aliphatic heterocycles. The number of anilines is 1. The van der Waals surface area contributed by atoms with Gasteiger partial charge in [0.1, 0.15) is 18.2 Å². The Morgan fingerprint density at radius 1 is 1.33 bits per heavy atom. The molecule has 90 valence electrons. The molecule has 18 heavy (non-hydrogen) atoms. The van der Waals surface area contributed by atoms with Crippen molar-refractivity contribution in [3.8, 4) is 11.9 Å². The summed E-state index contributed by atoms with van der Waals surface area (Å²) in [5.41, 5.74) is 7.34. The number of hydrogen-bond donors (Lipinski definition) is 1. The second kappa shape index (κ2) is 5.52. The van der Waals surface area contributed by atoms with Crippen LogP contribution < -0.4 is 10.5 Å². The van der Waals surface area contributed by atoms with Crippen molar-refractivity contribution >= 4 is 21.6 Å². The van der Waals surface area contributed by atoms with Gasteiger partial charge < -0.3 is 10.5 Å². The van der Waals surface area contributed by atoms with Gasteiger partial charge in [-0.25, -0.2) is 4.98 Å². The van der Waals surface area contributed by atoms with Crippen LogP contribution in [0.15, 0.2) is 41.0 Å². The lowest BCUT2D eigenvalue weighted by atomic mass is 10.2. The van der Waals surface area contributed by atoms with E-state index in [1.54, 1.807) is 6.07 Å². The molecular weight excluding hydrogens is 294 g/mol. The predicted molar refractivity (Wildman–Crippen MR) is 71.8 cm³/mol. The molecule has 0 unspecified atom stereocenters. The van der Waals surface area contributed by atoms with Crippen LogP contribution in [0.25, 0.3) is 0 Å². The van der Waals surface area contributed by atoms with E-state index in [1.807, 2.05) is 30.3 Å². The van der Waals surface area contributed by atoms with Crippen LogP contribution in [0.3, 0.4) is 0 Å². The van der Waals surface area contributed by atoms with Crippen LogP contribution in [0, 0.1) is 11.3 Å². The van der Waals surface area contributed by atoms with Crippen LogP contribution in [-0.4, -0.2) is 4.98 Å². The minimum Gasteiger partial charge on any atom is -0.472 e. The van der Waals surface area contributed by atoms with Gasteiger partial charge in [-0.1, -0.05) is 28.1 Å². The van der Waals surface area contributed by atoms with Crippen molar-refractivity contribution in [2.75, 3.05) is 5.73 Å². The number of nitriles is 1. The van der Waals surface area contributed by atoms with Gasteiger partial charge in [0.15, 0.2) is 0 Å². The summed E-state index contributed by atoms with van der Waals surface area (Å²) in [6.07, 6.45) is 1.47. The Morgan fingerprint density at radius 3 is 2.72 bits per heavy atom. The van der Waals surface area contributed by atoms with Gasteiger partial charge in [0, 0.05) is 4.47 Å². The number of halogens is 1. The third kappa shape index (κ3) is 2.99. The molecule has 0 atom stereocenters. The number of hydrogen-bond acceptors (Lipinski definition) is 4. The molecule has 2 N–H and O–H groups in total. The first-order valence-corrected chi connectivity index (χ1v) is 6.01. The highest BCUT2D eigenvalue weighted by Gasteiger charge is 2.05. The van der Waals surface area contributed by atoms with Gasteiger partial charge in [0.05, 0.1) is 11.9 Å². The van der Waals surface area contributed by atoms with Gasteiger partial charge in [-0.2, -0.15) is 5.26 Å². The fourth-order valence-corrected chi connectivity index (χ4v) is 1.66. The van der Waals surface area contributed by atoms with E-state index in [0.29, 0.717) is 23.7 Å². The van der Waals surface area contributed by atoms with Crippen LogP contribution in [0.4, 0.5) is 5.69 Å². The number of ether oxygens (including phenoxy) is 1. The van der Waals surface area contributed by atoms with Crippen molar-refractivity contribution in [3.63, 3.8) is 0 Å². The fourth-order valence-electron chi connectivity index (χ4n) is 1.40. The number of rotatable bonds is 3. The molecule has 0 saturated carbocycles. The minimum absolute atomic E-state index is 0.301. The molecule has 1 aromatic carbocycles. The summed E-state index contributed by atoms with van der Waals surface area (Å²) in [5.74, 6) is 0.301. The lowest BCUT2D eigenvalue weighted by Crippen LogP contribution is -2.00. The van der Waals surface area contributed by atoms with Crippen molar-refractivity contribution in [1.29, 1.82) is 5.26 Å². The fraction of sp³-hybridized carbons (Fsp3) is 0.0769. The number of aromatic nitrogens is 1. The van der Waals surface area contributed by atoms with Crippen molar-refractivity contribution in [2.24, 2.45) is 0 Å². The molecule has 5 heteroatoms. The lowest BCUT2D eigenvalue weighted by Gasteiger charge is -2.07. The van der Waals surface area contributed by atoms with Crippen LogP contribution >= 0.6 is 15.9 Å². The molecule has 0 aliphatic carbocycles. The van der Waals surface area contributed by atoms with Gasteiger partial charge in [-0.15, -0.1) is 0 Å². The van der Waals surface area contributed by atoms with Gasteiger partial charge in [0.2, 0.25) is 5.88 Å². The van der Waals surface area contributed by atoms with Crippen molar-refractivity contribution in [3.05, 3.63) is 52.1 Å². The summed E-state index contributed by atoms with van der Waals surface area (Å²) in [7, 11) is 0. The Kier molecular flexibility index (Phi) is 3.80. The maximum Gasteiger partial charge on any atom is 0.232 e. The molecule has 0 amide bonds. The minimum atomic E-state index is 0.301. The number of nitrogens with zero attached hydrogens (tertiary/aromatic N) is 2. The van der Waals surface area contributed by atoms with Crippen LogP contribution in [-0.2, 0) is 6.61 Å². The number of benzene rings is 1. The highest BCUT2D eigenvalue weighted by atomic mass is 79.9. The molecule has 0 bridgehead atoms. The van der Waals surface area contributed by atoms with E-state index in [0.717, 1.165) is 10.0 Å². The molecule has 0 aliphatic rings. The third-order valence-corrected chi connectivity index (χ3v) is 2.81. The van der Waals surface area contributed by atoms with E-state index in [-0.39, 0.29) is 0 Å². The predicted octanol–water partition coefficient (Wildman–Crippen LogP) is 2.88. The maximum absolute atomic E-state index is 8.94. The second-order valence-electron chi connectivity index (χ2n) is 3.65. The zero-order valence-corrected chi connectivity index (χ0v) is 11.0. The van der Waals surface area contributed by atoms with Crippen LogP contribution in [0.2, 0.25) is 0 Å². The summed E-state index contributed by atoms with van der Waals surface area (Å²) >= 11 is 3.36. The molecular formula is C13H10BrN3O. The summed E-state index contributed by atoms with van der Waals surface area (Å²) in [4.78, 5) is 4.00. The number of nitrogens with two attached hydrogens (primary N) is 1. The molecule has 2 rings (SSSR count). The average Bonchev–Trinajstić information content (AvgIpc) is 2.39. The normalized spacial score (nSPS) is 9.78. The van der Waals surface area contributed by atoms with Crippen molar-refractivity contribution < 1.29 is 4.74 Å². The number of nitrogen functional groups attached to an aromatic ring is 1. The Bertz CT molecular complexity index is 590. The van der Waals surface area contributed by atoms with E-state index < -0.39 is 0 Å². The second-order valence-corrected chi connectivity index (χ2v) is 4.56. The SMILES string of the molecule is N#Cc1cc(N)cnc1OCc1ccc(Br)cc1. The molecule has 0 spiro atoms. The molecule has 0 saturated heterocycles. The van der Waals surface area contributed by atoms with E-state index >= 15 is 0 Å². The zero-order valence-electron chi connectivity index (χ0n) is 9.43. The summed E-state index contributed by atoms with van der Waals surface area (Å²) in [6, 6.07) is 11.3. The Balaban J connectivity index is 2.11. The van der Waals surface area contributed by atoms with Gasteiger partial charge in [-0.05, 0) is 23.8 Å². The Morgan fingerprint density at radius 2 is 2.06 bits per heavy atom. The molecule has 2 aromatic rings. The molecule has 1 heterocycles. The first-order valence-electron chi connectivity index (χ1n) is 5.22. The highest BCUT2D eigenvalue weighted by molar-refractivity contribution is 9.10. The largest absolute Gasteiger partial charge is 0.472 e. The smallest absolute Gasteiger partial charge is 0.232 e. The standard InChI is InChI=1S/C13H10BrN3O/c14-11-3-1-9(2-4-11)8-18-13-10(6-15)5-12(16)7-17-13/h1-5,7H,8,16H2. The number of pyridine rings is 1. The summed E-state index contributed by atoms with van der Waals surface area (Å²) < 4.78 is 6.51. The highest BCUT2D eigenvalue weighted by Crippen LogP contribution is 2.18. The summed E-state index contributed by atoms with van der Waals surface area (Å²) in [5, 5.41) is 8.94. The molecule has 4 nitrogen and oxygen atoms in total. The Hall–Kier alpha value is -2.06. The van der Waals surface area contributed by atoms with E-state index in [1.165, 1.54) is 6.20 Å². The van der Waals surface area contributed by atoms with E-state index in [2.05, 4.69) is 20.9 Å². The third-order valence-electron chi connectivity index (χ3n) is 2.28. The van der Waals surface area contributed by atoms with E-state index in [4.69, 9.17) is 15.7 Å². The molecule has 0 radical (unpaired) electrons. The molecule has 0 fully saturated rings. The maximum atomic E-state index is 8.94. The van der Waals surface area contributed by atoms with Crippen molar-refractivity contribution in [1.82, 2.24) is 4.98 Å². The topological polar surface area (TPSA) is 71.9 Å². The van der Waals surface area contributed by atoms with Crippen molar-refractivity contribution in [2.45, 2.75) is 6.61 Å².